The van der Waals surface area contributed by atoms with E-state index in [0.717, 1.165) is 18.5 Å². The second-order valence-electron chi connectivity index (χ2n) is 6.05. The van der Waals surface area contributed by atoms with E-state index in [1.54, 1.807) is 22.9 Å². The Labute approximate surface area is 152 Å². The fraction of sp³-hybridized carbons (Fsp3) is 0.316. The summed E-state index contributed by atoms with van der Waals surface area (Å²) in [6.07, 6.45) is 2.51. The van der Waals surface area contributed by atoms with Crippen LogP contribution in [-0.2, 0) is 6.42 Å². The fourth-order valence-electron chi connectivity index (χ4n) is 2.55. The van der Waals surface area contributed by atoms with Crippen LogP contribution in [0.15, 0.2) is 53.7 Å². The number of aryl methyl sites for hydroxylation is 1. The summed E-state index contributed by atoms with van der Waals surface area (Å²) in [5.41, 5.74) is 2.26. The molecule has 130 valence electrons. The highest BCUT2D eigenvalue weighted by molar-refractivity contribution is 8.15. The maximum atomic E-state index is 12.8. The predicted molar refractivity (Wildman–Crippen MR) is 104 cm³/mol. The lowest BCUT2D eigenvalue weighted by Crippen LogP contribution is -2.43. The van der Waals surface area contributed by atoms with E-state index < -0.39 is 0 Å². The van der Waals surface area contributed by atoms with Crippen LogP contribution in [0.5, 0.6) is 0 Å². The van der Waals surface area contributed by atoms with Gasteiger partial charge in [0.15, 0.2) is 5.17 Å². The van der Waals surface area contributed by atoms with Gasteiger partial charge in [-0.3, -0.25) is 4.99 Å². The number of rotatable bonds is 4. The Morgan fingerprint density at radius 2 is 2.12 bits per heavy atom. The monoisotopic (exact) mass is 354 g/mol. The van der Waals surface area contributed by atoms with Crippen molar-refractivity contribution in [2.45, 2.75) is 25.5 Å². The van der Waals surface area contributed by atoms with Gasteiger partial charge < -0.3 is 5.32 Å². The number of carbonyl (C=O) groups is 1. The van der Waals surface area contributed by atoms with Crippen molar-refractivity contribution >= 4 is 28.8 Å². The number of nitrogens with zero attached hydrogens (tertiary/aromatic N) is 3. The number of urea groups is 1. The summed E-state index contributed by atoms with van der Waals surface area (Å²) in [5, 5.41) is 4.08. The van der Waals surface area contributed by atoms with E-state index in [1.807, 2.05) is 37.3 Å². The normalized spacial score (nSPS) is 16.4. The topological polar surface area (TPSA) is 57.6 Å². The largest absolute Gasteiger partial charge is 0.337 e. The number of thioether (sulfide) groups is 1. The van der Waals surface area contributed by atoms with Crippen molar-refractivity contribution < 1.29 is 4.79 Å². The number of amidine groups is 1. The van der Waals surface area contributed by atoms with Crippen LogP contribution in [0.1, 0.15) is 18.1 Å². The molecule has 6 heteroatoms. The number of benzene rings is 1. The number of hydrogen-bond donors (Lipinski definition) is 1. The molecule has 1 aromatic carbocycles. The Balaban J connectivity index is 1.71. The zero-order chi connectivity index (χ0) is 17.6. The number of aliphatic imine (C=N–C) groups is 1. The number of aromatic nitrogens is 1. The predicted octanol–water partition coefficient (Wildman–Crippen LogP) is 3.64. The van der Waals surface area contributed by atoms with Gasteiger partial charge in [0.05, 0.1) is 6.54 Å². The Kier molecular flexibility index (Phi) is 5.71. The van der Waals surface area contributed by atoms with Gasteiger partial charge in [0.1, 0.15) is 5.82 Å². The molecule has 3 rings (SSSR count). The van der Waals surface area contributed by atoms with E-state index in [-0.39, 0.29) is 6.03 Å². The molecule has 0 fully saturated rings. The molecule has 1 atom stereocenters. The van der Waals surface area contributed by atoms with Crippen LogP contribution in [0.2, 0.25) is 0 Å². The Morgan fingerprint density at radius 3 is 2.80 bits per heavy atom. The quantitative estimate of drug-likeness (QED) is 0.912. The minimum atomic E-state index is -0.186. The summed E-state index contributed by atoms with van der Waals surface area (Å²) in [4.78, 5) is 23.3. The SMILES string of the molecule is Cc1ccnc(N(C(=O)NCCc2ccccc2)C2=NC[C@H](C)S2)c1. The third kappa shape index (κ3) is 4.60. The first-order valence-corrected chi connectivity index (χ1v) is 9.27. The molecular weight excluding hydrogens is 332 g/mol. The number of amides is 2. The van der Waals surface area contributed by atoms with E-state index in [4.69, 9.17) is 0 Å². The summed E-state index contributed by atoms with van der Waals surface area (Å²) < 4.78 is 0. The highest BCUT2D eigenvalue weighted by Crippen LogP contribution is 2.26. The molecular formula is C19H22N4OS. The molecule has 0 unspecified atom stereocenters. The molecule has 0 saturated heterocycles. The van der Waals surface area contributed by atoms with E-state index in [2.05, 4.69) is 34.3 Å². The van der Waals surface area contributed by atoms with Gasteiger partial charge in [-0.15, -0.1) is 0 Å². The average molecular weight is 354 g/mol. The lowest BCUT2D eigenvalue weighted by atomic mass is 10.1. The first-order chi connectivity index (χ1) is 12.1. The molecule has 2 aromatic rings. The van der Waals surface area contributed by atoms with Gasteiger partial charge in [-0.2, -0.15) is 0 Å². The zero-order valence-electron chi connectivity index (χ0n) is 14.5. The van der Waals surface area contributed by atoms with Crippen LogP contribution >= 0.6 is 11.8 Å². The second-order valence-corrected chi connectivity index (χ2v) is 7.45. The molecule has 25 heavy (non-hydrogen) atoms. The Morgan fingerprint density at radius 1 is 1.32 bits per heavy atom. The first-order valence-electron chi connectivity index (χ1n) is 8.39. The molecule has 2 heterocycles. The van der Waals surface area contributed by atoms with Crippen molar-refractivity contribution in [1.29, 1.82) is 0 Å². The van der Waals surface area contributed by atoms with Crippen molar-refractivity contribution in [1.82, 2.24) is 10.3 Å². The van der Waals surface area contributed by atoms with Crippen molar-refractivity contribution in [3.63, 3.8) is 0 Å². The van der Waals surface area contributed by atoms with Crippen molar-refractivity contribution in [3.8, 4) is 0 Å². The standard InChI is InChI=1S/C19H22N4OS/c1-14-8-10-20-17(12-14)23(19-22-13-15(2)25-19)18(24)21-11-9-16-6-4-3-5-7-16/h3-8,10,12,15H,9,11,13H2,1-2H3,(H,21,24)/t15-/m0/s1. The van der Waals surface area contributed by atoms with Crippen LogP contribution in [-0.4, -0.2) is 34.5 Å². The molecule has 1 aromatic heterocycles. The van der Waals surface area contributed by atoms with Gasteiger partial charge in [-0.05, 0) is 36.6 Å². The summed E-state index contributed by atoms with van der Waals surface area (Å²) in [6, 6.07) is 13.8. The summed E-state index contributed by atoms with van der Waals surface area (Å²) in [5.74, 6) is 0.609. The Hall–Kier alpha value is -2.34. The van der Waals surface area contributed by atoms with Crippen LogP contribution in [0.25, 0.3) is 0 Å². The van der Waals surface area contributed by atoms with Crippen molar-refractivity contribution in [2.24, 2.45) is 4.99 Å². The van der Waals surface area contributed by atoms with Crippen molar-refractivity contribution in [2.75, 3.05) is 18.0 Å². The fourth-order valence-corrected chi connectivity index (χ4v) is 3.49. The maximum Gasteiger partial charge on any atom is 0.329 e. The molecule has 0 aliphatic carbocycles. The first kappa shape index (κ1) is 17.5. The third-order valence-corrected chi connectivity index (χ3v) is 4.92. The molecule has 2 amide bonds. The van der Waals surface area contributed by atoms with E-state index >= 15 is 0 Å². The van der Waals surface area contributed by atoms with Crippen LogP contribution < -0.4 is 10.2 Å². The highest BCUT2D eigenvalue weighted by Gasteiger charge is 2.28. The number of pyridine rings is 1. The molecule has 1 aliphatic rings. The molecule has 0 radical (unpaired) electrons. The van der Waals surface area contributed by atoms with Crippen LogP contribution in [0.4, 0.5) is 10.6 Å². The third-order valence-electron chi connectivity index (χ3n) is 3.85. The van der Waals surface area contributed by atoms with Crippen molar-refractivity contribution in [3.05, 3.63) is 59.8 Å². The van der Waals surface area contributed by atoms with E-state index in [9.17, 15) is 4.79 Å². The number of carbonyl (C=O) groups excluding carboxylic acids is 1. The summed E-state index contributed by atoms with van der Waals surface area (Å²) in [7, 11) is 0. The number of nitrogens with one attached hydrogen (secondary N) is 1. The van der Waals surface area contributed by atoms with Gasteiger partial charge in [0, 0.05) is 18.0 Å². The molecule has 0 spiro atoms. The zero-order valence-corrected chi connectivity index (χ0v) is 15.3. The second kappa shape index (κ2) is 8.16. The number of anilines is 1. The molecule has 1 aliphatic heterocycles. The van der Waals surface area contributed by atoms with Gasteiger partial charge in [0.25, 0.3) is 0 Å². The minimum Gasteiger partial charge on any atom is -0.337 e. The lowest BCUT2D eigenvalue weighted by molar-refractivity contribution is 0.249. The molecule has 0 saturated carbocycles. The lowest BCUT2D eigenvalue weighted by Gasteiger charge is -2.22. The van der Waals surface area contributed by atoms with Gasteiger partial charge in [-0.25, -0.2) is 14.7 Å². The van der Waals surface area contributed by atoms with E-state index in [1.165, 1.54) is 5.56 Å². The minimum absolute atomic E-state index is 0.186. The van der Waals surface area contributed by atoms with E-state index in [0.29, 0.717) is 22.8 Å². The van der Waals surface area contributed by atoms with Gasteiger partial charge in [-0.1, -0.05) is 49.0 Å². The summed E-state index contributed by atoms with van der Waals surface area (Å²) in [6.45, 7) is 5.39. The van der Waals surface area contributed by atoms with Crippen LogP contribution in [0, 0.1) is 6.92 Å². The highest BCUT2D eigenvalue weighted by atomic mass is 32.2. The molecule has 0 bridgehead atoms. The Bertz CT molecular complexity index is 763. The van der Waals surface area contributed by atoms with Crippen LogP contribution in [0.3, 0.4) is 0 Å². The molecule has 1 N–H and O–H groups in total. The maximum absolute atomic E-state index is 12.8. The smallest absolute Gasteiger partial charge is 0.329 e. The summed E-state index contributed by atoms with van der Waals surface area (Å²) >= 11 is 1.61. The average Bonchev–Trinajstić information content (AvgIpc) is 3.02. The van der Waals surface area contributed by atoms with Gasteiger partial charge >= 0.3 is 6.03 Å². The number of hydrogen-bond acceptors (Lipinski definition) is 4. The van der Waals surface area contributed by atoms with Gasteiger partial charge in [0.2, 0.25) is 0 Å². The molecule has 5 nitrogen and oxygen atoms in total.